The highest BCUT2D eigenvalue weighted by atomic mass is 15.2. The summed E-state index contributed by atoms with van der Waals surface area (Å²) in [5.41, 5.74) is 2.80. The molecule has 1 heterocycles. The van der Waals surface area contributed by atoms with E-state index in [9.17, 15) is 0 Å². The third-order valence-corrected chi connectivity index (χ3v) is 3.93. The smallest absolute Gasteiger partial charge is 0.0604 e. The van der Waals surface area contributed by atoms with Crippen LogP contribution in [0.4, 0.5) is 0 Å². The number of likely N-dealkylation sites (tertiary alicyclic amines) is 1. The van der Waals surface area contributed by atoms with Gasteiger partial charge < -0.3 is 0 Å². The third kappa shape index (κ3) is 2.06. The molecule has 0 N–H and O–H groups in total. The molecule has 1 nitrogen and oxygen atoms in total. The molecular formula is C17H19N. The van der Waals surface area contributed by atoms with Crippen molar-refractivity contribution in [3.05, 3.63) is 71.8 Å². The van der Waals surface area contributed by atoms with Gasteiger partial charge in [-0.2, -0.15) is 0 Å². The van der Waals surface area contributed by atoms with Crippen molar-refractivity contribution in [3.63, 3.8) is 0 Å². The summed E-state index contributed by atoms with van der Waals surface area (Å²) in [6.07, 6.45) is 1.32. The van der Waals surface area contributed by atoms with Crippen LogP contribution in [-0.4, -0.2) is 17.5 Å². The second-order valence-corrected chi connectivity index (χ2v) is 5.10. The molecule has 1 fully saturated rings. The number of rotatable bonds is 3. The zero-order chi connectivity index (χ0) is 12.4. The number of benzene rings is 2. The van der Waals surface area contributed by atoms with E-state index in [1.165, 1.54) is 24.1 Å². The van der Waals surface area contributed by atoms with Crippen LogP contribution < -0.4 is 0 Å². The van der Waals surface area contributed by atoms with Gasteiger partial charge in [-0.15, -0.1) is 0 Å². The summed E-state index contributed by atoms with van der Waals surface area (Å²) in [6.45, 7) is 3.53. The Morgan fingerprint density at radius 1 is 0.889 bits per heavy atom. The Morgan fingerprint density at radius 3 is 1.72 bits per heavy atom. The maximum Gasteiger partial charge on any atom is 0.0604 e. The molecule has 0 radical (unpaired) electrons. The Labute approximate surface area is 109 Å². The molecule has 0 bridgehead atoms. The molecule has 2 aromatic rings. The highest BCUT2D eigenvalue weighted by Crippen LogP contribution is 2.35. The molecule has 1 heteroatoms. The fraction of sp³-hybridized carbons (Fsp3) is 0.294. The predicted octanol–water partition coefficient (Wildman–Crippen LogP) is 3.87. The Balaban J connectivity index is 1.99. The van der Waals surface area contributed by atoms with Crippen molar-refractivity contribution in [3.8, 4) is 0 Å². The van der Waals surface area contributed by atoms with Crippen LogP contribution in [0.2, 0.25) is 0 Å². The normalized spacial score (nSPS) is 19.8. The molecule has 0 aromatic heterocycles. The van der Waals surface area contributed by atoms with Crippen LogP contribution in [0.1, 0.15) is 30.5 Å². The number of nitrogens with zero attached hydrogens (tertiary/aromatic N) is 1. The standard InChI is InChI=1S/C17H19N/c1-14-12-13-18(14)17(15-8-4-2-5-9-15)16-10-6-3-7-11-16/h2-11,14,17H,12-13H2,1H3/t14-/m0/s1. The molecule has 1 aliphatic heterocycles. The van der Waals surface area contributed by atoms with Crippen LogP contribution >= 0.6 is 0 Å². The summed E-state index contributed by atoms with van der Waals surface area (Å²) < 4.78 is 0. The van der Waals surface area contributed by atoms with Crippen LogP contribution in [0.3, 0.4) is 0 Å². The first-order chi connectivity index (χ1) is 8.86. The fourth-order valence-corrected chi connectivity index (χ4v) is 2.77. The van der Waals surface area contributed by atoms with E-state index in [4.69, 9.17) is 0 Å². The lowest BCUT2D eigenvalue weighted by Gasteiger charge is -2.45. The first kappa shape index (κ1) is 11.5. The van der Waals surface area contributed by atoms with Gasteiger partial charge in [0.15, 0.2) is 0 Å². The van der Waals surface area contributed by atoms with E-state index in [0.29, 0.717) is 12.1 Å². The first-order valence-electron chi connectivity index (χ1n) is 6.72. The zero-order valence-corrected chi connectivity index (χ0v) is 10.8. The highest BCUT2D eigenvalue weighted by molar-refractivity contribution is 5.32. The second-order valence-electron chi connectivity index (χ2n) is 5.10. The quantitative estimate of drug-likeness (QED) is 0.783. The molecule has 0 spiro atoms. The summed E-state index contributed by atoms with van der Waals surface area (Å²) >= 11 is 0. The predicted molar refractivity (Wildman–Crippen MR) is 75.5 cm³/mol. The first-order valence-corrected chi connectivity index (χ1v) is 6.72. The van der Waals surface area contributed by atoms with Crippen molar-refractivity contribution < 1.29 is 0 Å². The monoisotopic (exact) mass is 237 g/mol. The molecule has 0 unspecified atom stereocenters. The zero-order valence-electron chi connectivity index (χ0n) is 10.8. The Morgan fingerprint density at radius 2 is 1.39 bits per heavy atom. The van der Waals surface area contributed by atoms with Gasteiger partial charge in [0.05, 0.1) is 6.04 Å². The Hall–Kier alpha value is -1.60. The van der Waals surface area contributed by atoms with Crippen molar-refractivity contribution in [1.82, 2.24) is 4.90 Å². The average molecular weight is 237 g/mol. The maximum atomic E-state index is 2.59. The summed E-state index contributed by atoms with van der Waals surface area (Å²) in [4.78, 5) is 2.59. The molecule has 1 aliphatic rings. The summed E-state index contributed by atoms with van der Waals surface area (Å²) in [5, 5.41) is 0. The molecule has 0 amide bonds. The van der Waals surface area contributed by atoms with Crippen molar-refractivity contribution in [2.45, 2.75) is 25.4 Å². The van der Waals surface area contributed by atoms with Crippen LogP contribution in [0.5, 0.6) is 0 Å². The summed E-state index contributed by atoms with van der Waals surface area (Å²) in [5.74, 6) is 0. The molecule has 18 heavy (non-hydrogen) atoms. The van der Waals surface area contributed by atoms with Gasteiger partial charge in [-0.1, -0.05) is 60.7 Å². The van der Waals surface area contributed by atoms with Gasteiger partial charge in [-0.05, 0) is 24.5 Å². The molecule has 1 atom stereocenters. The van der Waals surface area contributed by atoms with Gasteiger partial charge >= 0.3 is 0 Å². The van der Waals surface area contributed by atoms with E-state index in [0.717, 1.165) is 0 Å². The molecule has 2 aromatic carbocycles. The van der Waals surface area contributed by atoms with Gasteiger partial charge in [0.2, 0.25) is 0 Å². The second kappa shape index (κ2) is 4.95. The average Bonchev–Trinajstić information content (AvgIpc) is 2.45. The van der Waals surface area contributed by atoms with E-state index in [1.807, 2.05) is 0 Å². The lowest BCUT2D eigenvalue weighted by molar-refractivity contribution is 0.0700. The summed E-state index contributed by atoms with van der Waals surface area (Å²) in [6, 6.07) is 22.8. The number of hydrogen-bond acceptors (Lipinski definition) is 1. The minimum Gasteiger partial charge on any atom is -0.290 e. The van der Waals surface area contributed by atoms with Crippen molar-refractivity contribution >= 4 is 0 Å². The van der Waals surface area contributed by atoms with Crippen LogP contribution in [0.25, 0.3) is 0 Å². The van der Waals surface area contributed by atoms with Crippen LogP contribution in [-0.2, 0) is 0 Å². The lowest BCUT2D eigenvalue weighted by atomic mass is 9.91. The topological polar surface area (TPSA) is 3.24 Å². The highest BCUT2D eigenvalue weighted by Gasteiger charge is 2.32. The maximum absolute atomic E-state index is 2.59. The SMILES string of the molecule is C[C@H]1CCN1C(c1ccccc1)c1ccccc1. The van der Waals surface area contributed by atoms with Gasteiger partial charge in [0.1, 0.15) is 0 Å². The molecule has 0 aliphatic carbocycles. The lowest BCUT2D eigenvalue weighted by Crippen LogP contribution is -2.47. The van der Waals surface area contributed by atoms with E-state index >= 15 is 0 Å². The van der Waals surface area contributed by atoms with E-state index in [-0.39, 0.29) is 0 Å². The van der Waals surface area contributed by atoms with Crippen LogP contribution in [0.15, 0.2) is 60.7 Å². The van der Waals surface area contributed by atoms with Gasteiger partial charge in [-0.3, -0.25) is 4.90 Å². The van der Waals surface area contributed by atoms with Crippen LogP contribution in [0, 0.1) is 0 Å². The summed E-state index contributed by atoms with van der Waals surface area (Å²) in [7, 11) is 0. The fourth-order valence-electron chi connectivity index (χ4n) is 2.77. The van der Waals surface area contributed by atoms with Crippen molar-refractivity contribution in [2.24, 2.45) is 0 Å². The minimum absolute atomic E-state index is 0.413. The van der Waals surface area contributed by atoms with E-state index in [2.05, 4.69) is 72.5 Å². The molecule has 3 rings (SSSR count). The van der Waals surface area contributed by atoms with E-state index < -0.39 is 0 Å². The van der Waals surface area contributed by atoms with Crippen molar-refractivity contribution in [1.29, 1.82) is 0 Å². The van der Waals surface area contributed by atoms with Crippen molar-refractivity contribution in [2.75, 3.05) is 6.54 Å². The minimum atomic E-state index is 0.413. The Kier molecular flexibility index (Phi) is 3.16. The number of hydrogen-bond donors (Lipinski definition) is 0. The largest absolute Gasteiger partial charge is 0.290 e. The Bertz CT molecular complexity index is 452. The third-order valence-electron chi connectivity index (χ3n) is 3.93. The molecule has 92 valence electrons. The van der Waals surface area contributed by atoms with E-state index in [1.54, 1.807) is 0 Å². The van der Waals surface area contributed by atoms with Gasteiger partial charge in [0, 0.05) is 12.6 Å². The van der Waals surface area contributed by atoms with Gasteiger partial charge in [-0.25, -0.2) is 0 Å². The molecule has 1 saturated heterocycles. The van der Waals surface area contributed by atoms with Gasteiger partial charge in [0.25, 0.3) is 0 Å². The molecule has 0 saturated carbocycles. The molecular weight excluding hydrogens is 218 g/mol.